The molecule has 0 aliphatic heterocycles. The molecule has 0 unspecified atom stereocenters. The maximum Gasteiger partial charge on any atom is -0.00987 e. The number of unbranched alkanes of at least 4 members (excludes halogenated alkanes) is 14. The van der Waals surface area contributed by atoms with Crippen molar-refractivity contribution in [3.05, 3.63) is 83.9 Å². The van der Waals surface area contributed by atoms with Gasteiger partial charge in [0.2, 0.25) is 0 Å². The Balaban J connectivity index is 1.23. The highest BCUT2D eigenvalue weighted by Gasteiger charge is 2.09. The number of aryl methyl sites for hydroxylation is 2. The van der Waals surface area contributed by atoms with Crippen molar-refractivity contribution in [1.29, 1.82) is 0 Å². The van der Waals surface area contributed by atoms with E-state index in [4.69, 9.17) is 0 Å². The lowest BCUT2D eigenvalue weighted by Crippen LogP contribution is -1.89. The van der Waals surface area contributed by atoms with E-state index in [0.29, 0.717) is 0 Å². The van der Waals surface area contributed by atoms with Crippen LogP contribution >= 0.6 is 0 Å². The van der Waals surface area contributed by atoms with Gasteiger partial charge in [0.05, 0.1) is 0 Å². The maximum atomic E-state index is 2.44. The zero-order valence-corrected chi connectivity index (χ0v) is 26.7. The third kappa shape index (κ3) is 7.94. The van der Waals surface area contributed by atoms with Gasteiger partial charge < -0.3 is 0 Å². The standard InChI is InChI=1S/C42H54/c1-3-5-7-9-11-13-15-17-19-33-21-25-37-35(31-33)23-27-41-39(37)29-30-40-38-26-22-34(32-36(38)24-28-42(40)41)20-18-16-14-12-10-8-6-4-2/h21-32H,3-20H2,1-2H3. The molecule has 0 spiro atoms. The van der Waals surface area contributed by atoms with Gasteiger partial charge in [0.1, 0.15) is 0 Å². The Kier molecular flexibility index (Phi) is 11.7. The highest BCUT2D eigenvalue weighted by molar-refractivity contribution is 6.22. The first-order valence-electron chi connectivity index (χ1n) is 17.6. The average molecular weight is 559 g/mol. The molecule has 222 valence electrons. The third-order valence-corrected chi connectivity index (χ3v) is 9.60. The summed E-state index contributed by atoms with van der Waals surface area (Å²) in [6.45, 7) is 4.59. The van der Waals surface area contributed by atoms with Crippen molar-refractivity contribution in [3.8, 4) is 0 Å². The van der Waals surface area contributed by atoms with E-state index in [-0.39, 0.29) is 0 Å². The molecule has 0 N–H and O–H groups in total. The average Bonchev–Trinajstić information content (AvgIpc) is 3.02. The summed E-state index contributed by atoms with van der Waals surface area (Å²) in [7, 11) is 0. The van der Waals surface area contributed by atoms with Gasteiger partial charge in [-0.1, -0.05) is 177 Å². The summed E-state index contributed by atoms with van der Waals surface area (Å²) in [4.78, 5) is 0. The SMILES string of the molecule is CCCCCCCCCCc1ccc2c(ccc3c2ccc2c4ccc(CCCCCCCCCC)cc4ccc23)c1. The summed E-state index contributed by atoms with van der Waals surface area (Å²) in [5.74, 6) is 0. The van der Waals surface area contributed by atoms with Gasteiger partial charge in [-0.15, -0.1) is 0 Å². The van der Waals surface area contributed by atoms with Gasteiger partial charge in [0.15, 0.2) is 0 Å². The lowest BCUT2D eigenvalue weighted by atomic mass is 9.92. The van der Waals surface area contributed by atoms with Gasteiger partial charge in [-0.2, -0.15) is 0 Å². The second-order valence-electron chi connectivity index (χ2n) is 12.9. The monoisotopic (exact) mass is 558 g/mol. The Hall–Kier alpha value is -2.86. The second kappa shape index (κ2) is 16.1. The van der Waals surface area contributed by atoms with E-state index in [1.807, 2.05) is 0 Å². The van der Waals surface area contributed by atoms with Gasteiger partial charge in [-0.25, -0.2) is 0 Å². The van der Waals surface area contributed by atoms with Crippen LogP contribution in [0.1, 0.15) is 128 Å². The summed E-state index contributed by atoms with van der Waals surface area (Å²) >= 11 is 0. The van der Waals surface area contributed by atoms with Crippen LogP contribution in [0, 0.1) is 0 Å². The Bertz CT molecular complexity index is 1440. The maximum absolute atomic E-state index is 2.44. The second-order valence-corrected chi connectivity index (χ2v) is 12.9. The molecule has 0 saturated carbocycles. The van der Waals surface area contributed by atoms with Gasteiger partial charge >= 0.3 is 0 Å². The van der Waals surface area contributed by atoms with Crippen molar-refractivity contribution in [3.63, 3.8) is 0 Å². The molecule has 0 aliphatic rings. The van der Waals surface area contributed by atoms with Crippen molar-refractivity contribution in [2.45, 2.75) is 129 Å². The van der Waals surface area contributed by atoms with Crippen LogP contribution in [0.3, 0.4) is 0 Å². The summed E-state index contributed by atoms with van der Waals surface area (Å²) in [5, 5.41) is 11.0. The molecule has 0 aromatic heterocycles. The molecule has 5 rings (SSSR count). The van der Waals surface area contributed by atoms with E-state index in [1.54, 1.807) is 0 Å². The molecule has 0 bridgehead atoms. The van der Waals surface area contributed by atoms with Crippen molar-refractivity contribution >= 4 is 43.1 Å². The predicted molar refractivity (Wildman–Crippen MR) is 189 cm³/mol. The number of hydrogen-bond acceptors (Lipinski definition) is 0. The molecular weight excluding hydrogens is 504 g/mol. The van der Waals surface area contributed by atoms with E-state index in [9.17, 15) is 0 Å². The molecule has 0 saturated heterocycles. The molecule has 42 heavy (non-hydrogen) atoms. The first-order valence-corrected chi connectivity index (χ1v) is 17.6. The normalized spacial score (nSPS) is 11.9. The summed E-state index contributed by atoms with van der Waals surface area (Å²) in [6.07, 6.45) is 24.5. The zero-order chi connectivity index (χ0) is 29.0. The van der Waals surface area contributed by atoms with E-state index >= 15 is 0 Å². The molecule has 0 aliphatic carbocycles. The van der Waals surface area contributed by atoms with Crippen LogP contribution in [0.4, 0.5) is 0 Å². The molecule has 5 aromatic rings. The number of fused-ring (bicyclic) bond motifs is 7. The molecule has 0 atom stereocenters. The molecule has 0 nitrogen and oxygen atoms in total. The summed E-state index contributed by atoms with van der Waals surface area (Å²) in [5.41, 5.74) is 2.98. The van der Waals surface area contributed by atoms with Crippen LogP contribution in [-0.4, -0.2) is 0 Å². The van der Waals surface area contributed by atoms with Gasteiger partial charge in [-0.3, -0.25) is 0 Å². The van der Waals surface area contributed by atoms with Crippen LogP contribution < -0.4 is 0 Å². The van der Waals surface area contributed by atoms with Gasteiger partial charge in [0.25, 0.3) is 0 Å². The number of hydrogen-bond donors (Lipinski definition) is 0. The van der Waals surface area contributed by atoms with Crippen LogP contribution in [0.25, 0.3) is 43.1 Å². The molecular formula is C42H54. The minimum Gasteiger partial charge on any atom is -0.0654 e. The lowest BCUT2D eigenvalue weighted by molar-refractivity contribution is 0.575. The van der Waals surface area contributed by atoms with Gasteiger partial charge in [0, 0.05) is 0 Å². The highest BCUT2D eigenvalue weighted by atomic mass is 14.1. The fraction of sp³-hybridized carbons (Fsp3) is 0.476. The predicted octanol–water partition coefficient (Wildman–Crippen LogP) is 13.7. The summed E-state index contributed by atoms with van der Waals surface area (Å²) in [6, 6.07) is 28.6. The Labute approximate surface area is 255 Å². The molecule has 0 amide bonds. The Morgan fingerprint density at radius 2 is 0.619 bits per heavy atom. The molecule has 0 fully saturated rings. The van der Waals surface area contributed by atoms with Crippen molar-refractivity contribution < 1.29 is 0 Å². The first kappa shape index (κ1) is 30.6. The molecule has 5 aromatic carbocycles. The van der Waals surface area contributed by atoms with Gasteiger partial charge in [-0.05, 0) is 79.9 Å². The van der Waals surface area contributed by atoms with Crippen molar-refractivity contribution in [2.75, 3.05) is 0 Å². The summed E-state index contributed by atoms with van der Waals surface area (Å²) < 4.78 is 0. The van der Waals surface area contributed by atoms with E-state index < -0.39 is 0 Å². The Morgan fingerprint density at radius 1 is 0.310 bits per heavy atom. The number of rotatable bonds is 18. The van der Waals surface area contributed by atoms with Crippen LogP contribution in [-0.2, 0) is 12.8 Å². The molecule has 0 radical (unpaired) electrons. The Morgan fingerprint density at radius 3 is 1.02 bits per heavy atom. The topological polar surface area (TPSA) is 0 Å². The number of benzene rings is 5. The third-order valence-electron chi connectivity index (χ3n) is 9.60. The quantitative estimate of drug-likeness (QED) is 0.0741. The van der Waals surface area contributed by atoms with Crippen molar-refractivity contribution in [2.24, 2.45) is 0 Å². The minimum absolute atomic E-state index is 1.20. The highest BCUT2D eigenvalue weighted by Crippen LogP contribution is 2.35. The largest absolute Gasteiger partial charge is 0.0654 e. The minimum atomic E-state index is 1.20. The smallest absolute Gasteiger partial charge is 0.00987 e. The van der Waals surface area contributed by atoms with E-state index in [0.717, 1.165) is 0 Å². The lowest BCUT2D eigenvalue weighted by Gasteiger charge is -2.12. The molecule has 0 heterocycles. The zero-order valence-electron chi connectivity index (χ0n) is 26.7. The van der Waals surface area contributed by atoms with E-state index in [1.165, 1.54) is 170 Å². The van der Waals surface area contributed by atoms with Crippen LogP contribution in [0.15, 0.2) is 72.8 Å². The molecule has 0 heteroatoms. The van der Waals surface area contributed by atoms with Crippen molar-refractivity contribution in [1.82, 2.24) is 0 Å². The van der Waals surface area contributed by atoms with E-state index in [2.05, 4.69) is 86.6 Å². The first-order chi connectivity index (χ1) is 20.8. The fourth-order valence-electron chi connectivity index (χ4n) is 7.04. The van der Waals surface area contributed by atoms with Crippen LogP contribution in [0.5, 0.6) is 0 Å². The van der Waals surface area contributed by atoms with Crippen LogP contribution in [0.2, 0.25) is 0 Å². The fourth-order valence-corrected chi connectivity index (χ4v) is 7.04.